The molecule has 0 bridgehead atoms. The number of aliphatic carboxylic acids is 1. The number of nitrogens with one attached hydrogen (secondary N) is 1. The van der Waals surface area contributed by atoms with Crippen molar-refractivity contribution < 1.29 is 24.2 Å². The first-order chi connectivity index (χ1) is 14.0. The number of rotatable bonds is 8. The Morgan fingerprint density at radius 2 is 1.90 bits per heavy atom. The van der Waals surface area contributed by atoms with Gasteiger partial charge in [-0.25, -0.2) is 0 Å². The Balaban J connectivity index is 1.60. The number of carboxylic acids is 1. The summed E-state index contributed by atoms with van der Waals surface area (Å²) in [5, 5.41) is 12.2. The van der Waals surface area contributed by atoms with E-state index in [2.05, 4.69) is 5.32 Å². The first-order valence-corrected chi connectivity index (χ1v) is 9.83. The average molecular weight is 397 g/mol. The van der Waals surface area contributed by atoms with Gasteiger partial charge in [0.1, 0.15) is 12.4 Å². The molecule has 29 heavy (non-hydrogen) atoms. The minimum atomic E-state index is -0.918. The first kappa shape index (κ1) is 20.9. The molecule has 1 saturated heterocycles. The van der Waals surface area contributed by atoms with Crippen LogP contribution in [0.3, 0.4) is 0 Å². The minimum absolute atomic E-state index is 0.0956. The van der Waals surface area contributed by atoms with Gasteiger partial charge in [-0.05, 0) is 48.6 Å². The first-order valence-electron chi connectivity index (χ1n) is 9.83. The zero-order valence-electron chi connectivity index (χ0n) is 16.6. The van der Waals surface area contributed by atoms with Crippen LogP contribution in [0.1, 0.15) is 36.0 Å². The Hall–Kier alpha value is -2.86. The third-order valence-electron chi connectivity index (χ3n) is 5.26. The lowest BCUT2D eigenvalue weighted by molar-refractivity contribution is -0.140. The molecule has 2 aromatic carbocycles. The molecule has 0 unspecified atom stereocenters. The van der Waals surface area contributed by atoms with E-state index in [0.29, 0.717) is 38.4 Å². The van der Waals surface area contributed by atoms with Gasteiger partial charge in [0.25, 0.3) is 0 Å². The highest BCUT2D eigenvalue weighted by Gasteiger charge is 2.36. The van der Waals surface area contributed by atoms with Crippen LogP contribution >= 0.6 is 0 Å². The SMILES string of the molecule is Cc1ccccc1COc1cccc(CC(=O)NC2(CC(=O)O)CCOCC2)c1. The second-order valence-corrected chi connectivity index (χ2v) is 7.55. The van der Waals surface area contributed by atoms with Crippen LogP contribution in [0.5, 0.6) is 5.75 Å². The van der Waals surface area contributed by atoms with Crippen LogP contribution in [0.25, 0.3) is 0 Å². The normalized spacial score (nSPS) is 15.5. The lowest BCUT2D eigenvalue weighted by Gasteiger charge is -2.36. The summed E-state index contributed by atoms with van der Waals surface area (Å²) in [4.78, 5) is 23.9. The smallest absolute Gasteiger partial charge is 0.305 e. The number of carbonyl (C=O) groups excluding carboxylic acids is 1. The molecule has 0 aromatic heterocycles. The Labute approximate surface area is 170 Å². The van der Waals surface area contributed by atoms with Crippen LogP contribution in [-0.4, -0.2) is 35.7 Å². The van der Waals surface area contributed by atoms with Gasteiger partial charge in [-0.3, -0.25) is 9.59 Å². The van der Waals surface area contributed by atoms with E-state index in [1.165, 1.54) is 5.56 Å². The summed E-state index contributed by atoms with van der Waals surface area (Å²) < 4.78 is 11.2. The molecule has 1 heterocycles. The molecule has 0 aliphatic carbocycles. The van der Waals surface area contributed by atoms with Crippen molar-refractivity contribution in [2.45, 2.75) is 44.8 Å². The van der Waals surface area contributed by atoms with Crippen LogP contribution in [0, 0.1) is 6.92 Å². The molecule has 0 spiro atoms. The molecule has 2 aromatic rings. The highest BCUT2D eigenvalue weighted by molar-refractivity contribution is 5.80. The number of hydrogen-bond donors (Lipinski definition) is 2. The van der Waals surface area contributed by atoms with E-state index in [1.54, 1.807) is 0 Å². The third kappa shape index (κ3) is 6.06. The lowest BCUT2D eigenvalue weighted by atomic mass is 9.86. The fraction of sp³-hybridized carbons (Fsp3) is 0.391. The molecule has 0 atom stereocenters. The molecule has 1 amide bonds. The fourth-order valence-electron chi connectivity index (χ4n) is 3.60. The number of ether oxygens (including phenoxy) is 2. The monoisotopic (exact) mass is 397 g/mol. The lowest BCUT2D eigenvalue weighted by Crippen LogP contribution is -2.53. The molecule has 6 heteroatoms. The second-order valence-electron chi connectivity index (χ2n) is 7.55. The van der Waals surface area contributed by atoms with Crippen molar-refractivity contribution in [2.75, 3.05) is 13.2 Å². The van der Waals surface area contributed by atoms with Crippen LogP contribution in [-0.2, 0) is 27.4 Å². The summed E-state index contributed by atoms with van der Waals surface area (Å²) in [6, 6.07) is 15.5. The predicted octanol–water partition coefficient (Wildman–Crippen LogP) is 3.26. The quantitative estimate of drug-likeness (QED) is 0.714. The Morgan fingerprint density at radius 3 is 2.62 bits per heavy atom. The minimum Gasteiger partial charge on any atom is -0.489 e. The maximum atomic E-state index is 12.6. The van der Waals surface area contributed by atoms with Gasteiger partial charge >= 0.3 is 5.97 Å². The van der Waals surface area contributed by atoms with Gasteiger partial charge < -0.3 is 19.9 Å². The zero-order chi connectivity index (χ0) is 20.7. The van der Waals surface area contributed by atoms with E-state index < -0.39 is 11.5 Å². The Morgan fingerprint density at radius 1 is 1.14 bits per heavy atom. The summed E-state index contributed by atoms with van der Waals surface area (Å²) >= 11 is 0. The van der Waals surface area contributed by atoms with E-state index in [1.807, 2.05) is 55.5 Å². The number of hydrogen-bond acceptors (Lipinski definition) is 4. The molecule has 2 N–H and O–H groups in total. The van der Waals surface area contributed by atoms with Gasteiger partial charge in [0, 0.05) is 13.2 Å². The average Bonchev–Trinajstić information content (AvgIpc) is 2.67. The highest BCUT2D eigenvalue weighted by Crippen LogP contribution is 2.25. The van der Waals surface area contributed by atoms with Gasteiger partial charge in [-0.15, -0.1) is 0 Å². The largest absolute Gasteiger partial charge is 0.489 e. The van der Waals surface area contributed by atoms with Gasteiger partial charge in [0.05, 0.1) is 18.4 Å². The maximum absolute atomic E-state index is 12.6. The number of aryl methyl sites for hydroxylation is 1. The van der Waals surface area contributed by atoms with E-state index >= 15 is 0 Å². The van der Waals surface area contributed by atoms with Crippen LogP contribution in [0.4, 0.5) is 0 Å². The molecular weight excluding hydrogens is 370 g/mol. The molecule has 3 rings (SSSR count). The van der Waals surface area contributed by atoms with Crippen molar-refractivity contribution in [3.05, 3.63) is 65.2 Å². The summed E-state index contributed by atoms with van der Waals surface area (Å²) in [7, 11) is 0. The van der Waals surface area contributed by atoms with Crippen molar-refractivity contribution in [1.29, 1.82) is 0 Å². The van der Waals surface area contributed by atoms with Crippen molar-refractivity contribution in [3.63, 3.8) is 0 Å². The molecular formula is C23H27NO5. The number of amides is 1. The summed E-state index contributed by atoms with van der Waals surface area (Å²) in [6.45, 7) is 3.42. The number of carboxylic acid groups (broad SMARTS) is 1. The molecule has 154 valence electrons. The third-order valence-corrected chi connectivity index (χ3v) is 5.26. The molecule has 0 radical (unpaired) electrons. The highest BCUT2D eigenvalue weighted by atomic mass is 16.5. The molecule has 0 saturated carbocycles. The Bertz CT molecular complexity index is 858. The summed E-state index contributed by atoms with van der Waals surface area (Å²) in [6.07, 6.45) is 1.08. The van der Waals surface area contributed by atoms with Crippen molar-refractivity contribution in [3.8, 4) is 5.75 Å². The van der Waals surface area contributed by atoms with Crippen LogP contribution in [0.15, 0.2) is 48.5 Å². The number of carbonyl (C=O) groups is 2. The van der Waals surface area contributed by atoms with E-state index in [4.69, 9.17) is 9.47 Å². The van der Waals surface area contributed by atoms with Crippen molar-refractivity contribution >= 4 is 11.9 Å². The van der Waals surface area contributed by atoms with Crippen molar-refractivity contribution in [1.82, 2.24) is 5.32 Å². The van der Waals surface area contributed by atoms with Gasteiger partial charge in [0.15, 0.2) is 0 Å². The second kappa shape index (κ2) is 9.56. The molecule has 1 fully saturated rings. The van der Waals surface area contributed by atoms with E-state index in [0.717, 1.165) is 11.1 Å². The summed E-state index contributed by atoms with van der Waals surface area (Å²) in [5.41, 5.74) is 2.37. The maximum Gasteiger partial charge on any atom is 0.305 e. The van der Waals surface area contributed by atoms with Gasteiger partial charge in [0.2, 0.25) is 5.91 Å². The molecule has 1 aliphatic heterocycles. The van der Waals surface area contributed by atoms with E-state index in [-0.39, 0.29) is 18.7 Å². The Kier molecular flexibility index (Phi) is 6.88. The molecule has 6 nitrogen and oxygen atoms in total. The standard InChI is InChI=1S/C23H27NO5/c1-17-5-2-3-7-19(17)16-29-20-8-4-6-18(13-20)14-21(25)24-23(15-22(26)27)9-11-28-12-10-23/h2-8,13H,9-12,14-16H2,1H3,(H,24,25)(H,26,27). The predicted molar refractivity (Wildman–Crippen MR) is 109 cm³/mol. The van der Waals surface area contributed by atoms with Gasteiger partial charge in [-0.1, -0.05) is 36.4 Å². The van der Waals surface area contributed by atoms with Crippen LogP contribution in [0.2, 0.25) is 0 Å². The zero-order valence-corrected chi connectivity index (χ0v) is 16.6. The summed E-state index contributed by atoms with van der Waals surface area (Å²) in [5.74, 6) is -0.409. The van der Waals surface area contributed by atoms with Crippen LogP contribution < -0.4 is 10.1 Å². The molecule has 1 aliphatic rings. The fourth-order valence-corrected chi connectivity index (χ4v) is 3.60. The van der Waals surface area contributed by atoms with Crippen molar-refractivity contribution in [2.24, 2.45) is 0 Å². The van der Waals surface area contributed by atoms with E-state index in [9.17, 15) is 14.7 Å². The topological polar surface area (TPSA) is 84.9 Å². The number of benzene rings is 2. The van der Waals surface area contributed by atoms with Gasteiger partial charge in [-0.2, -0.15) is 0 Å².